The topological polar surface area (TPSA) is 218 Å². The lowest BCUT2D eigenvalue weighted by Gasteiger charge is -2.28. The van der Waals surface area contributed by atoms with Crippen molar-refractivity contribution in [3.05, 3.63) is 255 Å². The molecule has 22 heteroatoms. The Bertz CT molecular complexity index is 4940. The lowest BCUT2D eigenvalue weighted by atomic mass is 9.90. The van der Waals surface area contributed by atoms with Gasteiger partial charge in [-0.1, -0.05) is 101 Å². The SMILES string of the molecule is CN(C)Cc1ccc(C(=O)Nc2ccc(Cl)c(-c3cnc4ccccc4n3)c2)c(Cl)c1.CN1CCC(Cc2ccc(C(=O)Nc3ccc(Cl)c(-c4cnc5ccccc5n4)c3)cc2)CC1.CS(=O)(=O)c1ccc(C(=O)Nc2ccc(Cl)c(-c3cnc4ccccc4n3)c2)cn1. The molecule has 4 aromatic heterocycles. The van der Waals surface area contributed by atoms with Gasteiger partial charge >= 0.3 is 0 Å². The number of nitrogens with zero attached hydrogens (tertiary/aromatic N) is 9. The Morgan fingerprint density at radius 2 is 0.884 bits per heavy atom. The van der Waals surface area contributed by atoms with Crippen LogP contribution >= 0.6 is 46.4 Å². The van der Waals surface area contributed by atoms with Crippen LogP contribution in [0.3, 0.4) is 0 Å². The van der Waals surface area contributed by atoms with Gasteiger partial charge in [0.25, 0.3) is 17.7 Å². The third-order valence-corrected chi connectivity index (χ3v) is 17.9. The maximum Gasteiger partial charge on any atom is 0.257 e. The van der Waals surface area contributed by atoms with Gasteiger partial charge in [-0.05, 0) is 198 Å². The summed E-state index contributed by atoms with van der Waals surface area (Å²) in [5.41, 5.74) is 14.0. The molecular formula is C73H62Cl4N12O5S. The number of nitrogens with one attached hydrogen (secondary N) is 3. The van der Waals surface area contributed by atoms with Gasteiger partial charge in [-0.15, -0.1) is 0 Å². The number of sulfone groups is 1. The molecule has 1 saturated heterocycles. The molecule has 0 saturated carbocycles. The maximum absolute atomic E-state index is 12.9. The highest BCUT2D eigenvalue weighted by Gasteiger charge is 2.20. The van der Waals surface area contributed by atoms with Gasteiger partial charge in [0, 0.05) is 58.3 Å². The molecule has 0 radical (unpaired) electrons. The number of pyridine rings is 1. The second-order valence-electron chi connectivity index (χ2n) is 23.0. The number of anilines is 3. The molecule has 5 heterocycles. The van der Waals surface area contributed by atoms with E-state index >= 15 is 0 Å². The first kappa shape index (κ1) is 66.8. The maximum atomic E-state index is 12.9. The standard InChI is InChI=1S/C28H27ClN4O.C24H20Cl2N4O.C21H15ClN4O3S/c1-33-14-12-20(13-15-33)16-19-6-8-21(9-7-19)28(34)31-22-10-11-24(29)23(17-22)27-18-30-25-4-2-3-5-26(25)32-27;1-30(2)14-15-7-9-17(20(26)11-15)24(31)28-16-8-10-19(25)18(12-16)23-13-27-21-5-3-4-6-22(21)29-23;1-30(28,29)20-9-6-13(11-24-20)21(27)25-14-7-8-16(22)15(10-14)19-12-23-17-4-2-3-5-18(17)26-19/h2-11,17-18,20H,12-16H2,1H3,(H,31,34);3-13H,14H2,1-2H3,(H,28,31);2-12H,1H3,(H,25,27). The Labute approximate surface area is 569 Å². The molecule has 1 fully saturated rings. The number of carbonyl (C=O) groups is 3. The molecule has 1 aliphatic rings. The third kappa shape index (κ3) is 17.2. The monoisotopic (exact) mass is 1360 g/mol. The first-order valence-electron chi connectivity index (χ1n) is 30.1. The van der Waals surface area contributed by atoms with Crippen molar-refractivity contribution < 1.29 is 22.8 Å². The summed E-state index contributed by atoms with van der Waals surface area (Å²) < 4.78 is 23.0. The fourth-order valence-electron chi connectivity index (χ4n) is 10.6. The van der Waals surface area contributed by atoms with Crippen molar-refractivity contribution in [2.45, 2.75) is 30.8 Å². The summed E-state index contributed by atoms with van der Waals surface area (Å²) in [5.74, 6) is -0.148. The van der Waals surface area contributed by atoms with E-state index in [0.29, 0.717) is 76.5 Å². The lowest BCUT2D eigenvalue weighted by molar-refractivity contribution is 0.101. The average molecular weight is 1360 g/mol. The molecule has 478 valence electrons. The van der Waals surface area contributed by atoms with E-state index in [4.69, 9.17) is 46.4 Å². The zero-order valence-electron chi connectivity index (χ0n) is 51.9. The van der Waals surface area contributed by atoms with E-state index < -0.39 is 15.7 Å². The second kappa shape index (κ2) is 30.2. The highest BCUT2D eigenvalue weighted by Crippen LogP contribution is 2.34. The second-order valence-corrected chi connectivity index (χ2v) is 26.6. The van der Waals surface area contributed by atoms with Crippen LogP contribution in [0.2, 0.25) is 20.1 Å². The number of fused-ring (bicyclic) bond motifs is 3. The molecule has 12 aromatic rings. The van der Waals surface area contributed by atoms with Gasteiger partial charge < -0.3 is 25.8 Å². The summed E-state index contributed by atoms with van der Waals surface area (Å²) in [6, 6.07) is 54.6. The minimum atomic E-state index is -3.43. The van der Waals surface area contributed by atoms with Crippen LogP contribution in [-0.4, -0.2) is 111 Å². The number of carbonyl (C=O) groups excluding carboxylic acids is 3. The molecule has 13 rings (SSSR count). The van der Waals surface area contributed by atoms with Crippen LogP contribution in [0.15, 0.2) is 212 Å². The molecule has 0 unspecified atom stereocenters. The Morgan fingerprint density at radius 3 is 1.29 bits per heavy atom. The summed E-state index contributed by atoms with van der Waals surface area (Å²) >= 11 is 25.6. The van der Waals surface area contributed by atoms with Crippen LogP contribution in [0.1, 0.15) is 55.0 Å². The van der Waals surface area contributed by atoms with Gasteiger partial charge in [0.2, 0.25) is 0 Å². The van der Waals surface area contributed by atoms with Gasteiger partial charge in [0.1, 0.15) is 0 Å². The summed E-state index contributed by atoms with van der Waals surface area (Å²) in [4.78, 5) is 73.7. The number of hydrogen-bond acceptors (Lipinski definition) is 14. The Hall–Kier alpha value is -9.63. The molecular weight excluding hydrogens is 1300 g/mol. The molecule has 3 amide bonds. The fraction of sp³-hybridized carbons (Fsp3) is 0.151. The zero-order valence-corrected chi connectivity index (χ0v) is 55.8. The highest BCUT2D eigenvalue weighted by molar-refractivity contribution is 7.90. The Balaban J connectivity index is 0.000000145. The predicted octanol–water partition coefficient (Wildman–Crippen LogP) is 16.0. The molecule has 1 aliphatic heterocycles. The fourth-order valence-corrected chi connectivity index (χ4v) is 12.1. The minimum absolute atomic E-state index is 0.0947. The number of piperidine rings is 1. The molecule has 0 bridgehead atoms. The molecule has 3 N–H and O–H groups in total. The summed E-state index contributed by atoms with van der Waals surface area (Å²) in [6.45, 7) is 3.08. The predicted molar refractivity (Wildman–Crippen MR) is 380 cm³/mol. The van der Waals surface area contributed by atoms with Crippen molar-refractivity contribution in [1.29, 1.82) is 0 Å². The average Bonchev–Trinajstić information content (AvgIpc) is 0.848. The van der Waals surface area contributed by atoms with E-state index in [0.717, 1.165) is 69.4 Å². The van der Waals surface area contributed by atoms with Gasteiger partial charge in [-0.3, -0.25) is 29.3 Å². The normalized spacial score (nSPS) is 12.6. The van der Waals surface area contributed by atoms with E-state index in [1.54, 1.807) is 73.2 Å². The number of aromatic nitrogens is 7. The van der Waals surface area contributed by atoms with Crippen LogP contribution in [0.25, 0.3) is 66.9 Å². The molecule has 0 spiro atoms. The summed E-state index contributed by atoms with van der Waals surface area (Å²) in [6.07, 6.45) is 10.8. The third-order valence-electron chi connectivity index (χ3n) is 15.6. The first-order chi connectivity index (χ1) is 45.8. The van der Waals surface area contributed by atoms with E-state index in [1.807, 2.05) is 122 Å². The van der Waals surface area contributed by atoms with Crippen molar-refractivity contribution in [2.75, 3.05) is 56.4 Å². The molecule has 17 nitrogen and oxygen atoms in total. The van der Waals surface area contributed by atoms with Crippen LogP contribution < -0.4 is 16.0 Å². The molecule has 8 aromatic carbocycles. The number of halogens is 4. The van der Waals surface area contributed by atoms with Crippen molar-refractivity contribution in [3.8, 4) is 33.8 Å². The zero-order chi connectivity index (χ0) is 66.8. The van der Waals surface area contributed by atoms with Crippen molar-refractivity contribution in [3.63, 3.8) is 0 Å². The highest BCUT2D eigenvalue weighted by atomic mass is 35.5. The quantitative estimate of drug-likeness (QED) is 0.0923. The Kier molecular flexibility index (Phi) is 21.2. The minimum Gasteiger partial charge on any atom is -0.322 e. The van der Waals surface area contributed by atoms with E-state index in [1.165, 1.54) is 49.8 Å². The molecule has 95 heavy (non-hydrogen) atoms. The molecule has 0 atom stereocenters. The van der Waals surface area contributed by atoms with Gasteiger partial charge in [0.05, 0.1) is 100.0 Å². The summed E-state index contributed by atoms with van der Waals surface area (Å²) in [5, 5.41) is 10.5. The van der Waals surface area contributed by atoms with E-state index in [2.05, 4.69) is 74.9 Å². The van der Waals surface area contributed by atoms with Gasteiger partial charge in [-0.2, -0.15) is 0 Å². The van der Waals surface area contributed by atoms with E-state index in [-0.39, 0.29) is 22.4 Å². The number of benzene rings is 8. The Morgan fingerprint density at radius 1 is 0.474 bits per heavy atom. The number of rotatable bonds is 14. The van der Waals surface area contributed by atoms with Crippen molar-refractivity contribution in [2.24, 2.45) is 5.92 Å². The van der Waals surface area contributed by atoms with Crippen LogP contribution in [0, 0.1) is 5.92 Å². The van der Waals surface area contributed by atoms with Crippen molar-refractivity contribution >= 4 is 124 Å². The number of hydrogen-bond donors (Lipinski definition) is 3. The van der Waals surface area contributed by atoms with Crippen LogP contribution in [0.5, 0.6) is 0 Å². The first-order valence-corrected chi connectivity index (χ1v) is 33.5. The number of amides is 3. The van der Waals surface area contributed by atoms with Gasteiger partial charge in [-0.25, -0.2) is 28.4 Å². The van der Waals surface area contributed by atoms with Crippen LogP contribution in [-0.2, 0) is 22.8 Å². The summed E-state index contributed by atoms with van der Waals surface area (Å²) in [7, 11) is 2.71. The smallest absolute Gasteiger partial charge is 0.257 e. The lowest BCUT2D eigenvalue weighted by Crippen LogP contribution is -2.30. The van der Waals surface area contributed by atoms with Gasteiger partial charge in [0.15, 0.2) is 14.9 Å². The molecule has 0 aliphatic carbocycles. The number of para-hydroxylation sites is 6. The van der Waals surface area contributed by atoms with Crippen molar-refractivity contribution in [1.82, 2.24) is 44.7 Å². The van der Waals surface area contributed by atoms with E-state index in [9.17, 15) is 22.8 Å². The number of likely N-dealkylation sites (tertiary alicyclic amines) is 1. The largest absolute Gasteiger partial charge is 0.322 e. The van der Waals surface area contributed by atoms with Crippen LogP contribution in [0.4, 0.5) is 17.1 Å².